The van der Waals surface area contributed by atoms with Gasteiger partial charge in [-0.3, -0.25) is 9.36 Å². The molecule has 1 heterocycles. The molecule has 2 aromatic carbocycles. The monoisotopic (exact) mass is 394 g/mol. The summed E-state index contributed by atoms with van der Waals surface area (Å²) in [5.74, 6) is 0.279. The van der Waals surface area contributed by atoms with Gasteiger partial charge < -0.3 is 4.74 Å². The summed E-state index contributed by atoms with van der Waals surface area (Å²) in [7, 11) is 1.38. The van der Waals surface area contributed by atoms with Crippen LogP contribution in [-0.4, -0.2) is 22.6 Å². The second kappa shape index (κ2) is 8.19. The molecule has 0 spiro atoms. The second-order valence-electron chi connectivity index (χ2n) is 7.01. The number of esters is 1. The molecule has 28 heavy (non-hydrogen) atoms. The average Bonchev–Trinajstić information content (AvgIpc) is 3.26. The van der Waals surface area contributed by atoms with Gasteiger partial charge in [0.25, 0.3) is 5.56 Å². The predicted octanol–water partition coefficient (Wildman–Crippen LogP) is 4.59. The number of thioether (sulfide) groups is 1. The van der Waals surface area contributed by atoms with Crippen LogP contribution in [-0.2, 0) is 10.5 Å². The van der Waals surface area contributed by atoms with Crippen molar-refractivity contribution < 1.29 is 9.53 Å². The molecular formula is C22H22N2O3S. The van der Waals surface area contributed by atoms with Gasteiger partial charge in [0.05, 0.1) is 23.6 Å². The Morgan fingerprint density at radius 1 is 1.18 bits per heavy atom. The molecule has 0 unspecified atom stereocenters. The van der Waals surface area contributed by atoms with Gasteiger partial charge in [-0.15, -0.1) is 0 Å². The molecule has 1 saturated carbocycles. The molecular weight excluding hydrogens is 372 g/mol. The lowest BCUT2D eigenvalue weighted by Crippen LogP contribution is -2.26. The van der Waals surface area contributed by atoms with Gasteiger partial charge in [0, 0.05) is 11.8 Å². The van der Waals surface area contributed by atoms with E-state index in [0.29, 0.717) is 16.7 Å². The van der Waals surface area contributed by atoms with Crippen LogP contribution in [0.5, 0.6) is 0 Å². The summed E-state index contributed by atoms with van der Waals surface area (Å²) in [6.07, 6.45) is 4.33. The molecule has 0 saturated heterocycles. The molecule has 1 fully saturated rings. The van der Waals surface area contributed by atoms with Crippen molar-refractivity contribution in [3.8, 4) is 0 Å². The maximum atomic E-state index is 13.2. The summed E-state index contributed by atoms with van der Waals surface area (Å²) in [5.41, 5.74) is 2.30. The number of carbonyl (C=O) groups is 1. The Hall–Kier alpha value is -2.60. The van der Waals surface area contributed by atoms with Gasteiger partial charge in [-0.2, -0.15) is 0 Å². The Labute approximate surface area is 167 Å². The molecule has 4 rings (SSSR count). The predicted molar refractivity (Wildman–Crippen MR) is 111 cm³/mol. The molecule has 3 aromatic rings. The highest BCUT2D eigenvalue weighted by atomic mass is 32.2. The number of nitrogens with zero attached hydrogens (tertiary/aromatic N) is 2. The van der Waals surface area contributed by atoms with Gasteiger partial charge >= 0.3 is 5.97 Å². The quantitative estimate of drug-likeness (QED) is 0.360. The summed E-state index contributed by atoms with van der Waals surface area (Å²) < 4.78 is 6.69. The zero-order chi connectivity index (χ0) is 19.5. The van der Waals surface area contributed by atoms with E-state index in [4.69, 9.17) is 9.72 Å². The lowest BCUT2D eigenvalue weighted by atomic mass is 10.1. The molecule has 0 amide bonds. The number of ether oxygens (including phenoxy) is 1. The number of hydrogen-bond acceptors (Lipinski definition) is 5. The average molecular weight is 394 g/mol. The van der Waals surface area contributed by atoms with Crippen LogP contribution in [0.3, 0.4) is 0 Å². The van der Waals surface area contributed by atoms with Crippen LogP contribution in [0.15, 0.2) is 58.5 Å². The third-order valence-corrected chi connectivity index (χ3v) is 6.21. The van der Waals surface area contributed by atoms with Crippen molar-refractivity contribution in [1.29, 1.82) is 0 Å². The molecule has 0 atom stereocenters. The Balaban J connectivity index is 1.69. The third kappa shape index (κ3) is 3.69. The molecule has 1 aliphatic carbocycles. The van der Waals surface area contributed by atoms with E-state index >= 15 is 0 Å². The first-order valence-corrected chi connectivity index (χ1v) is 10.5. The zero-order valence-electron chi connectivity index (χ0n) is 15.8. The Morgan fingerprint density at radius 2 is 1.96 bits per heavy atom. The number of methoxy groups -OCH3 is 1. The molecule has 1 aromatic heterocycles. The van der Waals surface area contributed by atoms with E-state index < -0.39 is 0 Å². The molecule has 0 aliphatic heterocycles. The van der Waals surface area contributed by atoms with Crippen LogP contribution in [0, 0.1) is 0 Å². The summed E-state index contributed by atoms with van der Waals surface area (Å²) in [6, 6.07) is 15.1. The number of aromatic nitrogens is 2. The fourth-order valence-corrected chi connectivity index (χ4v) is 4.77. The van der Waals surface area contributed by atoms with Crippen molar-refractivity contribution in [3.05, 3.63) is 70.0 Å². The lowest BCUT2D eigenvalue weighted by molar-refractivity contribution is 0.0600. The molecule has 0 N–H and O–H groups in total. The molecule has 0 bridgehead atoms. The van der Waals surface area contributed by atoms with Crippen LogP contribution >= 0.6 is 11.8 Å². The topological polar surface area (TPSA) is 61.2 Å². The van der Waals surface area contributed by atoms with Gasteiger partial charge in [-0.1, -0.05) is 48.9 Å². The van der Waals surface area contributed by atoms with Crippen LogP contribution < -0.4 is 5.56 Å². The number of rotatable bonds is 5. The molecule has 5 nitrogen and oxygen atoms in total. The van der Waals surface area contributed by atoms with Crippen LogP contribution in [0.4, 0.5) is 0 Å². The number of benzene rings is 2. The molecule has 6 heteroatoms. The first kappa shape index (κ1) is 18.7. The minimum atomic E-state index is -0.349. The number of fused-ring (bicyclic) bond motifs is 1. The van der Waals surface area contributed by atoms with Gasteiger partial charge in [0.2, 0.25) is 0 Å². The normalized spacial score (nSPS) is 14.5. The number of para-hydroxylation sites is 1. The Bertz CT molecular complexity index is 1070. The van der Waals surface area contributed by atoms with E-state index in [0.717, 1.165) is 41.9 Å². The van der Waals surface area contributed by atoms with E-state index in [9.17, 15) is 9.59 Å². The van der Waals surface area contributed by atoms with E-state index in [2.05, 4.69) is 0 Å². The van der Waals surface area contributed by atoms with Crippen molar-refractivity contribution in [3.63, 3.8) is 0 Å². The highest BCUT2D eigenvalue weighted by Gasteiger charge is 2.23. The largest absolute Gasteiger partial charge is 0.465 e. The Kier molecular flexibility index (Phi) is 5.48. The molecule has 1 aliphatic rings. The van der Waals surface area contributed by atoms with Gasteiger partial charge in [0.1, 0.15) is 0 Å². The maximum Gasteiger partial charge on any atom is 0.337 e. The van der Waals surface area contributed by atoms with Crippen molar-refractivity contribution >= 4 is 28.6 Å². The van der Waals surface area contributed by atoms with Crippen LogP contribution in [0.25, 0.3) is 10.9 Å². The van der Waals surface area contributed by atoms with Gasteiger partial charge in [-0.05, 0) is 42.7 Å². The smallest absolute Gasteiger partial charge is 0.337 e. The van der Waals surface area contributed by atoms with Gasteiger partial charge in [0.15, 0.2) is 5.16 Å². The Morgan fingerprint density at radius 3 is 2.75 bits per heavy atom. The van der Waals surface area contributed by atoms with Crippen molar-refractivity contribution in [2.45, 2.75) is 42.6 Å². The fourth-order valence-electron chi connectivity index (χ4n) is 3.77. The molecule has 0 radical (unpaired) electrons. The van der Waals surface area contributed by atoms with Crippen LogP contribution in [0.2, 0.25) is 0 Å². The van der Waals surface area contributed by atoms with Gasteiger partial charge in [-0.25, -0.2) is 9.78 Å². The molecule has 144 valence electrons. The first-order valence-electron chi connectivity index (χ1n) is 9.48. The fraction of sp³-hybridized carbons (Fsp3) is 0.318. The summed E-state index contributed by atoms with van der Waals surface area (Å²) in [6.45, 7) is 0. The van der Waals surface area contributed by atoms with E-state index in [-0.39, 0.29) is 17.6 Å². The van der Waals surface area contributed by atoms with Crippen molar-refractivity contribution in [2.75, 3.05) is 7.11 Å². The third-order valence-electron chi connectivity index (χ3n) is 5.18. The van der Waals surface area contributed by atoms with Crippen molar-refractivity contribution in [2.24, 2.45) is 0 Å². The number of carbonyl (C=O) groups excluding carboxylic acids is 1. The first-order chi connectivity index (χ1) is 13.7. The maximum absolute atomic E-state index is 13.2. The van der Waals surface area contributed by atoms with Crippen molar-refractivity contribution in [1.82, 2.24) is 9.55 Å². The van der Waals surface area contributed by atoms with Crippen LogP contribution in [0.1, 0.15) is 47.6 Å². The standard InChI is InChI=1S/C22H22N2O3S/c1-27-21(26)16-8-6-7-15(13-16)14-28-22-23-19-12-5-4-11-18(19)20(25)24(22)17-9-2-3-10-17/h4-8,11-13,17H,2-3,9-10,14H2,1H3. The zero-order valence-corrected chi connectivity index (χ0v) is 16.6. The highest BCUT2D eigenvalue weighted by Crippen LogP contribution is 2.33. The summed E-state index contributed by atoms with van der Waals surface area (Å²) in [4.78, 5) is 29.8. The highest BCUT2D eigenvalue weighted by molar-refractivity contribution is 7.98. The second-order valence-corrected chi connectivity index (χ2v) is 7.95. The summed E-state index contributed by atoms with van der Waals surface area (Å²) in [5, 5.41) is 1.42. The summed E-state index contributed by atoms with van der Waals surface area (Å²) >= 11 is 1.54. The minimum absolute atomic E-state index is 0.0447. The van der Waals surface area contributed by atoms with E-state index in [1.807, 2.05) is 47.0 Å². The van der Waals surface area contributed by atoms with E-state index in [1.54, 1.807) is 17.8 Å². The van der Waals surface area contributed by atoms with E-state index in [1.165, 1.54) is 7.11 Å². The minimum Gasteiger partial charge on any atom is -0.465 e. The lowest BCUT2D eigenvalue weighted by Gasteiger charge is -2.18. The SMILES string of the molecule is COC(=O)c1cccc(CSc2nc3ccccc3c(=O)n2C2CCCC2)c1. The number of hydrogen-bond donors (Lipinski definition) is 0.